The van der Waals surface area contributed by atoms with Crippen molar-refractivity contribution in [1.82, 2.24) is 9.97 Å². The van der Waals surface area contributed by atoms with Crippen LogP contribution in [0.1, 0.15) is 24.0 Å². The van der Waals surface area contributed by atoms with Crippen LogP contribution in [0.2, 0.25) is 5.02 Å². The van der Waals surface area contributed by atoms with Crippen molar-refractivity contribution < 1.29 is 4.74 Å². The molecule has 126 valence electrons. The van der Waals surface area contributed by atoms with Gasteiger partial charge in [0.2, 0.25) is 5.88 Å². The highest BCUT2D eigenvalue weighted by Crippen LogP contribution is 2.35. The van der Waals surface area contributed by atoms with Crippen LogP contribution in [-0.2, 0) is 6.42 Å². The number of aromatic amines is 1. The van der Waals surface area contributed by atoms with Crippen LogP contribution in [0, 0.1) is 6.92 Å². The Morgan fingerprint density at radius 2 is 2.08 bits per heavy atom. The number of aromatic nitrogens is 2. The molecule has 1 aromatic carbocycles. The van der Waals surface area contributed by atoms with Crippen LogP contribution in [0.3, 0.4) is 0 Å². The fraction of sp³-hybridized carbons (Fsp3) is 0.316. The molecule has 3 N–H and O–H groups in total. The minimum atomic E-state index is 0.610. The van der Waals surface area contributed by atoms with Crippen molar-refractivity contribution in [2.45, 2.75) is 26.2 Å². The van der Waals surface area contributed by atoms with Crippen molar-refractivity contribution in [1.29, 1.82) is 0 Å². The number of rotatable bonds is 6. The van der Waals surface area contributed by atoms with Crippen LogP contribution in [0.15, 0.2) is 30.5 Å². The largest absolute Gasteiger partial charge is 0.481 e. The molecule has 3 rings (SSSR count). The molecule has 5 heteroatoms. The van der Waals surface area contributed by atoms with Crippen molar-refractivity contribution in [3.63, 3.8) is 0 Å². The number of hydrogen-bond acceptors (Lipinski definition) is 3. The van der Waals surface area contributed by atoms with Crippen molar-refractivity contribution >= 4 is 22.5 Å². The van der Waals surface area contributed by atoms with E-state index in [1.165, 1.54) is 10.9 Å². The first-order chi connectivity index (χ1) is 11.6. The first kappa shape index (κ1) is 16.8. The number of pyridine rings is 1. The lowest BCUT2D eigenvalue weighted by Crippen LogP contribution is -1.99. The van der Waals surface area contributed by atoms with E-state index in [1.54, 1.807) is 7.11 Å². The summed E-state index contributed by atoms with van der Waals surface area (Å²) in [6.07, 6.45) is 4.85. The fourth-order valence-electron chi connectivity index (χ4n) is 3.08. The molecule has 0 spiro atoms. The second-order valence-electron chi connectivity index (χ2n) is 5.96. The van der Waals surface area contributed by atoms with E-state index in [9.17, 15) is 0 Å². The lowest BCUT2D eigenvalue weighted by atomic mass is 10.0. The summed E-state index contributed by atoms with van der Waals surface area (Å²) >= 11 is 6.29. The standard InChI is InChI=1S/C19H22ClN3O/c1-12-9-14(20)10-16-15(5-3-4-8-21)19(23-18(12)16)13-6-7-17(24-2)22-11-13/h6-7,9-11,23H,3-5,8,21H2,1-2H3. The maximum atomic E-state index is 6.29. The van der Waals surface area contributed by atoms with Crippen LogP contribution in [-0.4, -0.2) is 23.6 Å². The van der Waals surface area contributed by atoms with Crippen LogP contribution in [0.5, 0.6) is 5.88 Å². The molecule has 0 radical (unpaired) electrons. The molecule has 0 atom stereocenters. The third-order valence-electron chi connectivity index (χ3n) is 4.29. The lowest BCUT2D eigenvalue weighted by molar-refractivity contribution is 0.398. The van der Waals surface area contributed by atoms with Gasteiger partial charge in [-0.15, -0.1) is 0 Å². The zero-order chi connectivity index (χ0) is 17.1. The smallest absolute Gasteiger partial charge is 0.212 e. The predicted octanol–water partition coefficient (Wildman–Crippen LogP) is 4.48. The normalized spacial score (nSPS) is 11.2. The first-order valence-corrected chi connectivity index (χ1v) is 8.53. The van der Waals surface area contributed by atoms with E-state index in [4.69, 9.17) is 22.1 Å². The van der Waals surface area contributed by atoms with Gasteiger partial charge in [-0.25, -0.2) is 4.98 Å². The molecule has 0 aliphatic rings. The van der Waals surface area contributed by atoms with Gasteiger partial charge in [0.05, 0.1) is 12.8 Å². The molecule has 3 aromatic rings. The molecule has 2 heterocycles. The summed E-state index contributed by atoms with van der Waals surface area (Å²) in [5.41, 5.74) is 11.4. The topological polar surface area (TPSA) is 63.9 Å². The molecule has 24 heavy (non-hydrogen) atoms. The van der Waals surface area contributed by atoms with Gasteiger partial charge in [-0.1, -0.05) is 11.6 Å². The third kappa shape index (κ3) is 3.25. The van der Waals surface area contributed by atoms with E-state index in [0.717, 1.165) is 46.6 Å². The summed E-state index contributed by atoms with van der Waals surface area (Å²) in [7, 11) is 1.62. The van der Waals surface area contributed by atoms with Crippen molar-refractivity contribution in [2.24, 2.45) is 5.73 Å². The average Bonchev–Trinajstić information content (AvgIpc) is 2.94. The van der Waals surface area contributed by atoms with Crippen LogP contribution < -0.4 is 10.5 Å². The molecular formula is C19H22ClN3O. The first-order valence-electron chi connectivity index (χ1n) is 8.15. The van der Waals surface area contributed by atoms with Crippen LogP contribution >= 0.6 is 11.6 Å². The Morgan fingerprint density at radius 3 is 2.75 bits per heavy atom. The fourth-order valence-corrected chi connectivity index (χ4v) is 3.36. The monoisotopic (exact) mass is 343 g/mol. The second-order valence-corrected chi connectivity index (χ2v) is 6.40. The van der Waals surface area contributed by atoms with Gasteiger partial charge in [-0.2, -0.15) is 0 Å². The number of fused-ring (bicyclic) bond motifs is 1. The number of aryl methyl sites for hydroxylation is 2. The number of ether oxygens (including phenoxy) is 1. The molecule has 0 unspecified atom stereocenters. The number of hydrogen-bond donors (Lipinski definition) is 2. The Bertz CT molecular complexity index is 840. The van der Waals surface area contributed by atoms with Crippen molar-refractivity contribution in [3.8, 4) is 17.1 Å². The number of benzene rings is 1. The van der Waals surface area contributed by atoms with Gasteiger partial charge in [0.1, 0.15) is 0 Å². The van der Waals surface area contributed by atoms with E-state index < -0.39 is 0 Å². The third-order valence-corrected chi connectivity index (χ3v) is 4.51. The summed E-state index contributed by atoms with van der Waals surface area (Å²) < 4.78 is 5.16. The summed E-state index contributed by atoms with van der Waals surface area (Å²) in [6, 6.07) is 7.93. The minimum Gasteiger partial charge on any atom is -0.481 e. The quantitative estimate of drug-likeness (QED) is 0.648. The highest BCUT2D eigenvalue weighted by atomic mass is 35.5. The van der Waals surface area contributed by atoms with E-state index in [-0.39, 0.29) is 0 Å². The van der Waals surface area contributed by atoms with Crippen molar-refractivity contribution in [2.75, 3.05) is 13.7 Å². The number of nitrogens with one attached hydrogen (secondary N) is 1. The highest BCUT2D eigenvalue weighted by molar-refractivity contribution is 6.31. The molecule has 0 amide bonds. The van der Waals surface area contributed by atoms with Crippen molar-refractivity contribution in [3.05, 3.63) is 46.6 Å². The van der Waals surface area contributed by atoms with Gasteiger partial charge in [0.25, 0.3) is 0 Å². The zero-order valence-electron chi connectivity index (χ0n) is 14.0. The summed E-state index contributed by atoms with van der Waals surface area (Å²) in [6.45, 7) is 2.78. The van der Waals surface area contributed by atoms with E-state index in [1.807, 2.05) is 30.5 Å². The molecule has 0 fully saturated rings. The molecule has 0 bridgehead atoms. The van der Waals surface area contributed by atoms with Crippen LogP contribution in [0.25, 0.3) is 22.2 Å². The minimum absolute atomic E-state index is 0.610. The molecule has 0 aliphatic carbocycles. The van der Waals surface area contributed by atoms with Crippen LogP contribution in [0.4, 0.5) is 0 Å². The number of unbranched alkanes of at least 4 members (excludes halogenated alkanes) is 1. The number of nitrogens with two attached hydrogens (primary N) is 1. The Balaban J connectivity index is 2.13. The summed E-state index contributed by atoms with van der Waals surface area (Å²) in [5, 5.41) is 1.95. The molecule has 0 aliphatic heterocycles. The van der Waals surface area contributed by atoms with E-state index >= 15 is 0 Å². The summed E-state index contributed by atoms with van der Waals surface area (Å²) in [4.78, 5) is 7.90. The molecular weight excluding hydrogens is 322 g/mol. The van der Waals surface area contributed by atoms with E-state index in [0.29, 0.717) is 12.4 Å². The Labute approximate surface area is 147 Å². The maximum Gasteiger partial charge on any atom is 0.212 e. The summed E-state index contributed by atoms with van der Waals surface area (Å²) in [5.74, 6) is 0.610. The molecule has 2 aromatic heterocycles. The second kappa shape index (κ2) is 7.24. The lowest BCUT2D eigenvalue weighted by Gasteiger charge is -2.06. The van der Waals surface area contributed by atoms with Gasteiger partial charge < -0.3 is 15.5 Å². The van der Waals surface area contributed by atoms with Gasteiger partial charge in [-0.05, 0) is 62.1 Å². The average molecular weight is 344 g/mol. The predicted molar refractivity (Wildman–Crippen MR) is 99.8 cm³/mol. The van der Waals surface area contributed by atoms with Gasteiger partial charge >= 0.3 is 0 Å². The van der Waals surface area contributed by atoms with Gasteiger partial charge in [0, 0.05) is 33.8 Å². The molecule has 0 saturated heterocycles. The number of nitrogens with zero attached hydrogens (tertiary/aromatic N) is 1. The number of H-pyrrole nitrogens is 1. The molecule has 4 nitrogen and oxygen atoms in total. The number of halogens is 1. The molecule has 0 saturated carbocycles. The highest BCUT2D eigenvalue weighted by Gasteiger charge is 2.15. The van der Waals surface area contributed by atoms with E-state index in [2.05, 4.69) is 16.9 Å². The Hall–Kier alpha value is -2.04. The number of methoxy groups -OCH3 is 1. The zero-order valence-corrected chi connectivity index (χ0v) is 14.8. The Morgan fingerprint density at radius 1 is 1.25 bits per heavy atom. The Kier molecular flexibility index (Phi) is 5.07. The maximum absolute atomic E-state index is 6.29. The van der Waals surface area contributed by atoms with Gasteiger partial charge in [0.15, 0.2) is 0 Å². The van der Waals surface area contributed by atoms with Gasteiger partial charge in [-0.3, -0.25) is 0 Å². The SMILES string of the molecule is COc1ccc(-c2[nH]c3c(C)cc(Cl)cc3c2CCCCN)cn1.